The van der Waals surface area contributed by atoms with Crippen LogP contribution in [0.25, 0.3) is 0 Å². The van der Waals surface area contributed by atoms with Crippen molar-refractivity contribution in [2.75, 3.05) is 47.5 Å². The second-order valence-electron chi connectivity index (χ2n) is 24.9. The summed E-state index contributed by atoms with van der Waals surface area (Å²) in [7, 11) is 1.44. The smallest absolute Gasteiger partial charge is 0.462 e. The molecule has 0 rings (SSSR count). The van der Waals surface area contributed by atoms with Crippen molar-refractivity contribution in [2.45, 2.75) is 315 Å². The maximum Gasteiger partial charge on any atom is 0.472 e. The third-order valence-corrected chi connectivity index (χ3v) is 16.3. The van der Waals surface area contributed by atoms with E-state index < -0.39 is 26.5 Å². The molecule has 10 heteroatoms. The Balaban J connectivity index is 4.11. The van der Waals surface area contributed by atoms with E-state index >= 15 is 0 Å². The van der Waals surface area contributed by atoms with Gasteiger partial charge in [0.15, 0.2) is 6.10 Å². The highest BCUT2D eigenvalue weighted by atomic mass is 31.2. The molecule has 0 heterocycles. The van der Waals surface area contributed by atoms with Crippen molar-refractivity contribution in [3.05, 3.63) is 109 Å². The minimum Gasteiger partial charge on any atom is -0.462 e. The minimum absolute atomic E-state index is 0.0164. The maximum absolute atomic E-state index is 12.8. The highest BCUT2D eigenvalue weighted by Crippen LogP contribution is 2.43. The molecule has 9 nitrogen and oxygen atoms in total. The number of carbonyl (C=O) groups excluding carboxylic acids is 2. The van der Waals surface area contributed by atoms with Gasteiger partial charge in [-0.2, -0.15) is 0 Å². The highest BCUT2D eigenvalue weighted by Gasteiger charge is 2.27. The van der Waals surface area contributed by atoms with Gasteiger partial charge in [-0.3, -0.25) is 18.6 Å². The first-order chi connectivity index (χ1) is 42.0. The van der Waals surface area contributed by atoms with Gasteiger partial charge in [0.25, 0.3) is 0 Å². The van der Waals surface area contributed by atoms with Crippen LogP contribution >= 0.6 is 7.82 Å². The van der Waals surface area contributed by atoms with Crippen molar-refractivity contribution in [1.29, 1.82) is 0 Å². The van der Waals surface area contributed by atoms with Gasteiger partial charge in [-0.1, -0.05) is 329 Å². The molecule has 0 amide bonds. The number of unbranched alkanes of at least 4 members (excludes halogenated alkanes) is 33. The Morgan fingerprint density at radius 1 is 0.372 bits per heavy atom. The number of allylic oxidation sites excluding steroid dienone is 18. The molecule has 2 atom stereocenters. The Kier molecular flexibility index (Phi) is 63.5. The second kappa shape index (κ2) is 66.1. The van der Waals surface area contributed by atoms with E-state index in [9.17, 15) is 19.0 Å². The van der Waals surface area contributed by atoms with Crippen molar-refractivity contribution in [1.82, 2.24) is 0 Å². The van der Waals surface area contributed by atoms with Crippen molar-refractivity contribution < 1.29 is 42.1 Å². The van der Waals surface area contributed by atoms with Crippen LogP contribution in [0.5, 0.6) is 0 Å². The van der Waals surface area contributed by atoms with Crippen LogP contribution in [0.1, 0.15) is 309 Å². The Morgan fingerprint density at radius 2 is 0.663 bits per heavy atom. The van der Waals surface area contributed by atoms with Gasteiger partial charge in [-0.05, 0) is 77.0 Å². The molecular weight excluding hydrogens is 1090 g/mol. The number of phosphoric acid groups is 1. The number of ether oxygens (including phenoxy) is 2. The van der Waals surface area contributed by atoms with Crippen molar-refractivity contribution in [2.24, 2.45) is 0 Å². The summed E-state index contributed by atoms with van der Waals surface area (Å²) in [5.74, 6) is -0.863. The van der Waals surface area contributed by atoms with Crippen LogP contribution in [-0.4, -0.2) is 74.9 Å². The average molecular weight is 1220 g/mol. The lowest BCUT2D eigenvalue weighted by atomic mass is 10.0. The summed E-state index contributed by atoms with van der Waals surface area (Å²) in [6.45, 7) is 4.28. The lowest BCUT2D eigenvalue weighted by Gasteiger charge is -2.24. The Bertz CT molecular complexity index is 1820. The normalized spacial score (nSPS) is 13.8. The van der Waals surface area contributed by atoms with Crippen LogP contribution < -0.4 is 0 Å². The van der Waals surface area contributed by atoms with E-state index in [0.717, 1.165) is 77.0 Å². The molecule has 0 aliphatic heterocycles. The van der Waals surface area contributed by atoms with E-state index in [0.29, 0.717) is 23.9 Å². The zero-order chi connectivity index (χ0) is 62.6. The van der Waals surface area contributed by atoms with E-state index in [1.54, 1.807) is 0 Å². The molecule has 0 saturated heterocycles. The maximum atomic E-state index is 12.8. The van der Waals surface area contributed by atoms with Crippen LogP contribution in [0, 0.1) is 0 Å². The van der Waals surface area contributed by atoms with Gasteiger partial charge in [-0.15, -0.1) is 0 Å². The van der Waals surface area contributed by atoms with E-state index in [1.165, 1.54) is 193 Å². The molecule has 0 aromatic rings. The van der Waals surface area contributed by atoms with Gasteiger partial charge in [0.05, 0.1) is 27.7 Å². The zero-order valence-electron chi connectivity index (χ0n) is 56.5. The average Bonchev–Trinajstić information content (AvgIpc) is 3.67. The number of likely N-dealkylation sites (N-methyl/N-ethyl adjacent to an activating group) is 1. The lowest BCUT2D eigenvalue weighted by Crippen LogP contribution is -2.37. The van der Waals surface area contributed by atoms with Gasteiger partial charge in [0.2, 0.25) is 0 Å². The summed E-state index contributed by atoms with van der Waals surface area (Å²) in [4.78, 5) is 35.8. The van der Waals surface area contributed by atoms with Crippen LogP contribution in [0.3, 0.4) is 0 Å². The first-order valence-electron chi connectivity index (χ1n) is 35.6. The van der Waals surface area contributed by atoms with Crippen molar-refractivity contribution >= 4 is 19.8 Å². The fraction of sp³-hybridized carbons (Fsp3) is 0.737. The molecule has 0 aliphatic rings. The molecule has 2 unspecified atom stereocenters. The topological polar surface area (TPSA) is 108 Å². The van der Waals surface area contributed by atoms with Crippen LogP contribution in [0.2, 0.25) is 0 Å². The number of esters is 2. The first kappa shape index (κ1) is 82.7. The highest BCUT2D eigenvalue weighted by molar-refractivity contribution is 7.47. The molecule has 0 radical (unpaired) electrons. The molecule has 496 valence electrons. The molecule has 1 N–H and O–H groups in total. The van der Waals surface area contributed by atoms with E-state index in [4.69, 9.17) is 18.5 Å². The minimum atomic E-state index is -4.41. The molecule has 0 saturated carbocycles. The number of phosphoric ester groups is 1. The quantitative estimate of drug-likeness (QED) is 0.0211. The number of carbonyl (C=O) groups is 2. The van der Waals surface area contributed by atoms with Crippen LogP contribution in [-0.2, 0) is 32.7 Å². The number of rotatable bonds is 65. The molecule has 0 aromatic heterocycles. The third kappa shape index (κ3) is 69.8. The Labute approximate surface area is 531 Å². The number of quaternary nitrogens is 1. The van der Waals surface area contributed by atoms with Crippen molar-refractivity contribution in [3.8, 4) is 0 Å². The summed E-state index contributed by atoms with van der Waals surface area (Å²) in [5, 5.41) is 0. The number of hydrogen-bond donors (Lipinski definition) is 1. The summed E-state index contributed by atoms with van der Waals surface area (Å²) >= 11 is 0. The van der Waals surface area contributed by atoms with Gasteiger partial charge in [0, 0.05) is 12.8 Å². The number of hydrogen-bond acceptors (Lipinski definition) is 7. The standard InChI is InChI=1S/C76H134NO8P/c1-6-8-10-12-14-16-18-20-22-24-26-28-30-32-34-36-37-38-39-41-42-44-46-48-50-52-54-56-58-60-62-64-66-68-75(78)82-72-74(73-84-86(80,81)83-71-70-77(3,4)5)85-76(79)69-67-65-63-61-59-57-55-53-51-49-47-45-43-40-35-33-31-29-27-25-23-21-19-17-15-13-11-9-7-2/h9,11,15,17,21,23,27,29,33,35,43,45,49,51,55,57,61,63,74H,6-8,10,12-14,16,18-20,22,24-26,28,30-32,34,36-42,44,46-48,50,52-54,56,58-60,62,64-73H2,1-5H3/p+1/b11-9-,17-15-,23-21-,29-27-,35-33-,45-43-,51-49-,57-55-,63-61-. The van der Waals surface area contributed by atoms with Gasteiger partial charge in [0.1, 0.15) is 19.8 Å². The van der Waals surface area contributed by atoms with Gasteiger partial charge >= 0.3 is 19.8 Å². The summed E-state index contributed by atoms with van der Waals surface area (Å²) in [6, 6.07) is 0. The molecule has 0 bridgehead atoms. The molecule has 0 spiro atoms. The largest absolute Gasteiger partial charge is 0.472 e. The summed E-state index contributed by atoms with van der Waals surface area (Å²) < 4.78 is 34.6. The predicted octanol–water partition coefficient (Wildman–Crippen LogP) is 23.3. The van der Waals surface area contributed by atoms with E-state index in [2.05, 4.69) is 123 Å². The Hall–Kier alpha value is -3.33. The fourth-order valence-corrected chi connectivity index (χ4v) is 10.6. The first-order valence-corrected chi connectivity index (χ1v) is 37.1. The molecule has 0 fully saturated rings. The van der Waals surface area contributed by atoms with E-state index in [1.807, 2.05) is 21.1 Å². The monoisotopic (exact) mass is 1220 g/mol. The molecule has 0 aliphatic carbocycles. The zero-order valence-corrected chi connectivity index (χ0v) is 57.4. The fourth-order valence-electron chi connectivity index (χ4n) is 9.90. The SMILES string of the molecule is CC/C=C\C/C=C\C/C=C\C/C=C\C/C=C\C/C=C\C/C=C\C/C=C\C/C=C\CCCC(=O)OC(COC(=O)CCCCCCCCCCCCCCCCCCCCCCCCCCCCCCCCCCC)COP(=O)(O)OCC[N+](C)(C)C. The molecule has 0 aromatic carbocycles. The molecule has 86 heavy (non-hydrogen) atoms. The van der Waals surface area contributed by atoms with Crippen LogP contribution in [0.4, 0.5) is 0 Å². The van der Waals surface area contributed by atoms with E-state index in [-0.39, 0.29) is 32.0 Å². The number of nitrogens with zero attached hydrogens (tertiary/aromatic N) is 1. The second-order valence-corrected chi connectivity index (χ2v) is 26.4. The van der Waals surface area contributed by atoms with Gasteiger partial charge < -0.3 is 18.9 Å². The third-order valence-electron chi connectivity index (χ3n) is 15.3. The van der Waals surface area contributed by atoms with Gasteiger partial charge in [-0.25, -0.2) is 4.57 Å². The predicted molar refractivity (Wildman–Crippen MR) is 371 cm³/mol. The molecular formula is C76H135NO8P+. The summed E-state index contributed by atoms with van der Waals surface area (Å²) in [6.07, 6.45) is 93.7. The Morgan fingerprint density at radius 3 is 0.977 bits per heavy atom. The van der Waals surface area contributed by atoms with Crippen molar-refractivity contribution in [3.63, 3.8) is 0 Å². The summed E-state index contributed by atoms with van der Waals surface area (Å²) in [5.41, 5.74) is 0. The van der Waals surface area contributed by atoms with Crippen LogP contribution in [0.15, 0.2) is 109 Å². The lowest BCUT2D eigenvalue weighted by molar-refractivity contribution is -0.870.